The molecule has 0 amide bonds. The number of rotatable bonds is 5. The van der Waals surface area contributed by atoms with Gasteiger partial charge in [0.2, 0.25) is 0 Å². The lowest BCUT2D eigenvalue weighted by Crippen LogP contribution is -2.21. The van der Waals surface area contributed by atoms with Crippen LogP contribution in [0, 0.1) is 0 Å². The maximum Gasteiger partial charge on any atom is 0.307 e. The summed E-state index contributed by atoms with van der Waals surface area (Å²) in [6, 6.07) is 9.80. The summed E-state index contributed by atoms with van der Waals surface area (Å²) in [4.78, 5) is 11.1. The van der Waals surface area contributed by atoms with E-state index in [-0.39, 0.29) is 18.4 Å². The smallest absolute Gasteiger partial charge is 0.307 e. The lowest BCUT2D eigenvalue weighted by atomic mass is 10.2. The zero-order chi connectivity index (χ0) is 11.1. The molecule has 15 heavy (non-hydrogen) atoms. The minimum Gasteiger partial charge on any atom is -0.465 e. The van der Waals surface area contributed by atoms with E-state index in [1.165, 1.54) is 5.56 Å². The van der Waals surface area contributed by atoms with Gasteiger partial charge in [-0.25, -0.2) is 0 Å². The largest absolute Gasteiger partial charge is 0.465 e. The van der Waals surface area contributed by atoms with Crippen molar-refractivity contribution in [2.45, 2.75) is 25.8 Å². The van der Waals surface area contributed by atoms with Gasteiger partial charge >= 0.3 is 5.97 Å². The van der Waals surface area contributed by atoms with Crippen LogP contribution in [0.1, 0.15) is 18.9 Å². The quantitative estimate of drug-likeness (QED) is 0.744. The van der Waals surface area contributed by atoms with Gasteiger partial charge in [-0.1, -0.05) is 30.3 Å². The Hall–Kier alpha value is -1.35. The number of esters is 1. The maximum atomic E-state index is 11.1. The molecule has 1 aromatic carbocycles. The minimum absolute atomic E-state index is 0.130. The predicted octanol–water partition coefficient (Wildman–Crippen LogP) is 1.51. The van der Waals surface area contributed by atoms with Gasteiger partial charge in [-0.3, -0.25) is 4.79 Å². The Morgan fingerprint density at radius 2 is 2.07 bits per heavy atom. The van der Waals surface area contributed by atoms with Crippen LogP contribution in [-0.2, 0) is 16.0 Å². The standard InChI is InChI=1S/C12H17NO2/c1-10(13)9-12(14)15-8-7-11-5-3-2-4-6-11/h2-6,10H,7-9,13H2,1H3. The number of carbonyl (C=O) groups excluding carboxylic acids is 1. The molecule has 3 nitrogen and oxygen atoms in total. The van der Waals surface area contributed by atoms with E-state index in [4.69, 9.17) is 10.5 Å². The molecule has 0 saturated carbocycles. The SMILES string of the molecule is CC(N)CC(=O)OCCc1ccccc1. The van der Waals surface area contributed by atoms with Crippen molar-refractivity contribution in [1.29, 1.82) is 0 Å². The summed E-state index contributed by atoms with van der Waals surface area (Å²) in [5, 5.41) is 0. The van der Waals surface area contributed by atoms with Gasteiger partial charge in [0.1, 0.15) is 0 Å². The van der Waals surface area contributed by atoms with Crippen LogP contribution in [0.4, 0.5) is 0 Å². The molecule has 0 fully saturated rings. The summed E-state index contributed by atoms with van der Waals surface area (Å²) in [7, 11) is 0. The van der Waals surface area contributed by atoms with Crippen LogP contribution in [0.2, 0.25) is 0 Å². The highest BCUT2D eigenvalue weighted by Gasteiger charge is 2.05. The molecule has 0 aliphatic carbocycles. The molecule has 1 rings (SSSR count). The summed E-state index contributed by atoms with van der Waals surface area (Å²) in [5.74, 6) is -0.221. The van der Waals surface area contributed by atoms with Crippen molar-refractivity contribution in [1.82, 2.24) is 0 Å². The van der Waals surface area contributed by atoms with E-state index in [0.29, 0.717) is 6.61 Å². The summed E-state index contributed by atoms with van der Waals surface area (Å²) in [6.07, 6.45) is 1.04. The molecule has 0 aliphatic heterocycles. The van der Waals surface area contributed by atoms with Gasteiger partial charge in [-0.2, -0.15) is 0 Å². The first-order valence-electron chi connectivity index (χ1n) is 5.13. The van der Waals surface area contributed by atoms with Crippen molar-refractivity contribution in [3.05, 3.63) is 35.9 Å². The van der Waals surface area contributed by atoms with Crippen LogP contribution < -0.4 is 5.73 Å². The highest BCUT2D eigenvalue weighted by molar-refractivity contribution is 5.69. The average molecular weight is 207 g/mol. The number of hydrogen-bond acceptors (Lipinski definition) is 3. The van der Waals surface area contributed by atoms with Crippen molar-refractivity contribution in [2.24, 2.45) is 5.73 Å². The summed E-state index contributed by atoms with van der Waals surface area (Å²) >= 11 is 0. The molecule has 1 atom stereocenters. The third-order valence-electron chi connectivity index (χ3n) is 1.99. The van der Waals surface area contributed by atoms with Crippen LogP contribution in [0.5, 0.6) is 0 Å². The second-order valence-corrected chi connectivity index (χ2v) is 3.64. The Balaban J connectivity index is 2.19. The second-order valence-electron chi connectivity index (χ2n) is 3.64. The molecule has 1 aromatic rings. The van der Waals surface area contributed by atoms with E-state index in [2.05, 4.69) is 0 Å². The van der Waals surface area contributed by atoms with E-state index in [9.17, 15) is 4.79 Å². The van der Waals surface area contributed by atoms with Crippen molar-refractivity contribution in [3.8, 4) is 0 Å². The van der Waals surface area contributed by atoms with Crippen molar-refractivity contribution < 1.29 is 9.53 Å². The molecular formula is C12H17NO2. The molecule has 3 heteroatoms. The van der Waals surface area contributed by atoms with Gasteiger partial charge in [-0.05, 0) is 12.5 Å². The van der Waals surface area contributed by atoms with Gasteiger partial charge < -0.3 is 10.5 Å². The van der Waals surface area contributed by atoms with E-state index in [1.54, 1.807) is 6.92 Å². The average Bonchev–Trinajstić information content (AvgIpc) is 2.18. The number of benzene rings is 1. The lowest BCUT2D eigenvalue weighted by molar-refractivity contribution is -0.143. The Morgan fingerprint density at radius 3 is 2.67 bits per heavy atom. The summed E-state index contributed by atoms with van der Waals surface area (Å²) < 4.78 is 5.04. The zero-order valence-corrected chi connectivity index (χ0v) is 8.98. The number of ether oxygens (including phenoxy) is 1. The van der Waals surface area contributed by atoms with Gasteiger partial charge in [0, 0.05) is 12.5 Å². The predicted molar refractivity (Wildman–Crippen MR) is 59.4 cm³/mol. The zero-order valence-electron chi connectivity index (χ0n) is 8.98. The molecule has 1 unspecified atom stereocenters. The normalized spacial score (nSPS) is 12.1. The highest BCUT2D eigenvalue weighted by Crippen LogP contribution is 2.00. The third kappa shape index (κ3) is 5.18. The lowest BCUT2D eigenvalue weighted by Gasteiger charge is -2.06. The molecule has 2 N–H and O–H groups in total. The Kier molecular flexibility index (Phi) is 4.84. The van der Waals surface area contributed by atoms with E-state index in [0.717, 1.165) is 6.42 Å². The molecule has 82 valence electrons. The first kappa shape index (κ1) is 11.7. The summed E-state index contributed by atoms with van der Waals surface area (Å²) in [5.41, 5.74) is 6.65. The van der Waals surface area contributed by atoms with Crippen LogP contribution in [0.3, 0.4) is 0 Å². The first-order chi connectivity index (χ1) is 7.18. The van der Waals surface area contributed by atoms with Gasteiger partial charge in [0.25, 0.3) is 0 Å². The number of nitrogens with two attached hydrogens (primary N) is 1. The fourth-order valence-electron chi connectivity index (χ4n) is 1.25. The van der Waals surface area contributed by atoms with Gasteiger partial charge in [0.15, 0.2) is 0 Å². The topological polar surface area (TPSA) is 52.3 Å². The van der Waals surface area contributed by atoms with Crippen LogP contribution in [-0.4, -0.2) is 18.6 Å². The van der Waals surface area contributed by atoms with Crippen LogP contribution >= 0.6 is 0 Å². The van der Waals surface area contributed by atoms with E-state index >= 15 is 0 Å². The maximum absolute atomic E-state index is 11.1. The molecule has 0 heterocycles. The molecule has 0 aromatic heterocycles. The molecular weight excluding hydrogens is 190 g/mol. The fourth-order valence-corrected chi connectivity index (χ4v) is 1.25. The van der Waals surface area contributed by atoms with Crippen molar-refractivity contribution in [3.63, 3.8) is 0 Å². The van der Waals surface area contributed by atoms with Gasteiger partial charge in [-0.15, -0.1) is 0 Å². The first-order valence-corrected chi connectivity index (χ1v) is 5.13. The number of carbonyl (C=O) groups is 1. The van der Waals surface area contributed by atoms with Crippen LogP contribution in [0.15, 0.2) is 30.3 Å². The molecule has 0 aliphatic rings. The third-order valence-corrected chi connectivity index (χ3v) is 1.99. The Labute approximate surface area is 90.2 Å². The van der Waals surface area contributed by atoms with Crippen molar-refractivity contribution >= 4 is 5.97 Å². The van der Waals surface area contributed by atoms with Crippen molar-refractivity contribution in [2.75, 3.05) is 6.61 Å². The van der Waals surface area contributed by atoms with Crippen LogP contribution in [0.25, 0.3) is 0 Å². The minimum atomic E-state index is -0.221. The van der Waals surface area contributed by atoms with E-state index < -0.39 is 0 Å². The molecule has 0 spiro atoms. The monoisotopic (exact) mass is 207 g/mol. The second kappa shape index (κ2) is 6.19. The Morgan fingerprint density at radius 1 is 1.40 bits per heavy atom. The highest BCUT2D eigenvalue weighted by atomic mass is 16.5. The fraction of sp³-hybridized carbons (Fsp3) is 0.417. The summed E-state index contributed by atoms with van der Waals surface area (Å²) in [6.45, 7) is 2.22. The molecule has 0 bridgehead atoms. The molecule has 0 radical (unpaired) electrons. The molecule has 0 saturated heterocycles. The Bertz CT molecular complexity index is 296. The number of hydrogen-bond donors (Lipinski definition) is 1. The van der Waals surface area contributed by atoms with E-state index in [1.807, 2.05) is 30.3 Å². The van der Waals surface area contributed by atoms with Gasteiger partial charge in [0.05, 0.1) is 13.0 Å².